The van der Waals surface area contributed by atoms with Gasteiger partial charge in [0.05, 0.1) is 6.10 Å². The van der Waals surface area contributed by atoms with Crippen molar-refractivity contribution in [3.63, 3.8) is 0 Å². The summed E-state index contributed by atoms with van der Waals surface area (Å²) >= 11 is 0. The lowest BCUT2D eigenvalue weighted by Crippen LogP contribution is -2.17. The first kappa shape index (κ1) is 10.3. The topological polar surface area (TPSA) is 18.5 Å². The Balaban J connectivity index is 1.90. The SMILES string of the molecule is CCO[C@H]1C[C@@]2(C)Cc3ccccc3[C@H]2O1. The summed E-state index contributed by atoms with van der Waals surface area (Å²) in [6, 6.07) is 8.63. The summed E-state index contributed by atoms with van der Waals surface area (Å²) in [7, 11) is 0. The van der Waals surface area contributed by atoms with Crippen LogP contribution >= 0.6 is 0 Å². The Morgan fingerprint density at radius 2 is 2.25 bits per heavy atom. The third-order valence-electron chi connectivity index (χ3n) is 3.84. The lowest BCUT2D eigenvalue weighted by atomic mass is 9.83. The number of hydrogen-bond donors (Lipinski definition) is 0. The molecule has 86 valence electrons. The highest BCUT2D eigenvalue weighted by molar-refractivity contribution is 5.37. The van der Waals surface area contributed by atoms with Gasteiger partial charge in [-0.15, -0.1) is 0 Å². The fraction of sp³-hybridized carbons (Fsp3) is 0.571. The molecule has 1 fully saturated rings. The van der Waals surface area contributed by atoms with Crippen molar-refractivity contribution in [1.82, 2.24) is 0 Å². The third kappa shape index (κ3) is 1.40. The number of rotatable bonds is 2. The molecule has 3 atom stereocenters. The van der Waals surface area contributed by atoms with Crippen LogP contribution in [0.1, 0.15) is 37.5 Å². The summed E-state index contributed by atoms with van der Waals surface area (Å²) in [4.78, 5) is 0. The van der Waals surface area contributed by atoms with E-state index in [1.165, 1.54) is 11.1 Å². The first-order chi connectivity index (χ1) is 7.73. The molecule has 0 spiro atoms. The normalized spacial score (nSPS) is 36.1. The van der Waals surface area contributed by atoms with E-state index < -0.39 is 0 Å². The van der Waals surface area contributed by atoms with E-state index in [4.69, 9.17) is 9.47 Å². The van der Waals surface area contributed by atoms with E-state index in [0.29, 0.717) is 0 Å². The molecule has 2 nitrogen and oxygen atoms in total. The van der Waals surface area contributed by atoms with Gasteiger partial charge in [0.2, 0.25) is 0 Å². The molecule has 1 aliphatic carbocycles. The maximum atomic E-state index is 6.03. The molecule has 0 saturated carbocycles. The van der Waals surface area contributed by atoms with Crippen molar-refractivity contribution in [2.75, 3.05) is 6.61 Å². The molecule has 0 unspecified atom stereocenters. The molecule has 16 heavy (non-hydrogen) atoms. The number of ether oxygens (including phenoxy) is 2. The maximum Gasteiger partial charge on any atom is 0.159 e. The van der Waals surface area contributed by atoms with Gasteiger partial charge in [-0.25, -0.2) is 0 Å². The van der Waals surface area contributed by atoms with Crippen molar-refractivity contribution in [2.24, 2.45) is 5.41 Å². The number of benzene rings is 1. The average Bonchev–Trinajstić information content (AvgIpc) is 2.68. The molecule has 0 amide bonds. The van der Waals surface area contributed by atoms with E-state index in [1.54, 1.807) is 0 Å². The molecule has 1 aliphatic heterocycles. The standard InChI is InChI=1S/C14H18O2/c1-3-15-12-9-14(2)8-10-6-4-5-7-11(10)13(14)16-12/h4-7,12-13H,3,8-9H2,1-2H3/t12-,13-,14-/m1/s1. The van der Waals surface area contributed by atoms with E-state index in [2.05, 4.69) is 31.2 Å². The van der Waals surface area contributed by atoms with Gasteiger partial charge < -0.3 is 9.47 Å². The minimum absolute atomic E-state index is 0.00615. The largest absolute Gasteiger partial charge is 0.353 e. The summed E-state index contributed by atoms with van der Waals surface area (Å²) in [5.74, 6) is 0. The highest BCUT2D eigenvalue weighted by atomic mass is 16.7. The van der Waals surface area contributed by atoms with Gasteiger partial charge in [0, 0.05) is 18.4 Å². The maximum absolute atomic E-state index is 6.03. The summed E-state index contributed by atoms with van der Waals surface area (Å²) in [6.07, 6.45) is 2.37. The minimum atomic E-state index is -0.00615. The van der Waals surface area contributed by atoms with Gasteiger partial charge in [0.15, 0.2) is 6.29 Å². The predicted octanol–water partition coefficient (Wildman–Crippen LogP) is 3.07. The van der Waals surface area contributed by atoms with Gasteiger partial charge in [-0.1, -0.05) is 31.2 Å². The van der Waals surface area contributed by atoms with Crippen LogP contribution in [0, 0.1) is 5.41 Å². The van der Waals surface area contributed by atoms with Crippen molar-refractivity contribution in [3.05, 3.63) is 35.4 Å². The van der Waals surface area contributed by atoms with Gasteiger partial charge in [0.25, 0.3) is 0 Å². The lowest BCUT2D eigenvalue weighted by molar-refractivity contribution is -0.132. The van der Waals surface area contributed by atoms with E-state index in [-0.39, 0.29) is 17.8 Å². The third-order valence-corrected chi connectivity index (χ3v) is 3.84. The fourth-order valence-corrected chi connectivity index (χ4v) is 3.14. The van der Waals surface area contributed by atoms with Gasteiger partial charge >= 0.3 is 0 Å². The summed E-state index contributed by atoms with van der Waals surface area (Å²) in [6.45, 7) is 5.07. The Morgan fingerprint density at radius 3 is 3.06 bits per heavy atom. The van der Waals surface area contributed by atoms with Crippen molar-refractivity contribution >= 4 is 0 Å². The smallest absolute Gasteiger partial charge is 0.159 e. The van der Waals surface area contributed by atoms with Crippen LogP contribution in [0.3, 0.4) is 0 Å². The van der Waals surface area contributed by atoms with Crippen LogP contribution in [0.2, 0.25) is 0 Å². The highest BCUT2D eigenvalue weighted by Crippen LogP contribution is 2.55. The molecule has 1 saturated heterocycles. The van der Waals surface area contributed by atoms with Gasteiger partial charge in [-0.2, -0.15) is 0 Å². The molecule has 3 rings (SSSR count). The first-order valence-electron chi connectivity index (χ1n) is 6.08. The number of fused-ring (bicyclic) bond motifs is 3. The monoisotopic (exact) mass is 218 g/mol. The quantitative estimate of drug-likeness (QED) is 0.759. The molecule has 1 aromatic carbocycles. The van der Waals surface area contributed by atoms with Crippen LogP contribution < -0.4 is 0 Å². The molecule has 0 radical (unpaired) electrons. The van der Waals surface area contributed by atoms with E-state index in [0.717, 1.165) is 19.4 Å². The number of hydrogen-bond acceptors (Lipinski definition) is 2. The van der Waals surface area contributed by atoms with Crippen LogP contribution in [0.15, 0.2) is 24.3 Å². The van der Waals surface area contributed by atoms with Crippen LogP contribution in [0.25, 0.3) is 0 Å². The van der Waals surface area contributed by atoms with Crippen molar-refractivity contribution in [2.45, 2.75) is 39.1 Å². The summed E-state index contributed by atoms with van der Waals surface area (Å²) in [5, 5.41) is 0. The molecule has 1 aromatic rings. The molecular formula is C14H18O2. The summed E-state index contributed by atoms with van der Waals surface area (Å²) < 4.78 is 11.6. The van der Waals surface area contributed by atoms with Crippen molar-refractivity contribution < 1.29 is 9.47 Å². The Bertz CT molecular complexity index is 401. The zero-order valence-electron chi connectivity index (χ0n) is 9.90. The van der Waals surface area contributed by atoms with Gasteiger partial charge in [-0.05, 0) is 24.5 Å². The first-order valence-corrected chi connectivity index (χ1v) is 6.08. The lowest BCUT2D eigenvalue weighted by Gasteiger charge is -2.20. The molecule has 0 N–H and O–H groups in total. The second-order valence-electron chi connectivity index (χ2n) is 5.13. The minimum Gasteiger partial charge on any atom is -0.353 e. The van der Waals surface area contributed by atoms with Gasteiger partial charge in [-0.3, -0.25) is 0 Å². The van der Waals surface area contributed by atoms with Crippen LogP contribution in [0.4, 0.5) is 0 Å². The van der Waals surface area contributed by atoms with E-state index >= 15 is 0 Å². The second kappa shape index (κ2) is 3.57. The Hall–Kier alpha value is -0.860. The molecular weight excluding hydrogens is 200 g/mol. The fourth-order valence-electron chi connectivity index (χ4n) is 3.14. The Kier molecular flexibility index (Phi) is 2.30. The molecule has 2 aliphatic rings. The zero-order chi connectivity index (χ0) is 11.2. The van der Waals surface area contributed by atoms with E-state index in [1.807, 2.05) is 6.92 Å². The highest BCUT2D eigenvalue weighted by Gasteiger charge is 2.50. The Labute approximate surface area is 96.6 Å². The van der Waals surface area contributed by atoms with E-state index in [9.17, 15) is 0 Å². The molecule has 2 heteroatoms. The molecule has 1 heterocycles. The van der Waals surface area contributed by atoms with Crippen molar-refractivity contribution in [1.29, 1.82) is 0 Å². The zero-order valence-corrected chi connectivity index (χ0v) is 9.90. The van der Waals surface area contributed by atoms with Crippen LogP contribution in [-0.4, -0.2) is 12.9 Å². The van der Waals surface area contributed by atoms with Gasteiger partial charge in [0.1, 0.15) is 0 Å². The molecule has 0 bridgehead atoms. The molecule has 0 aromatic heterocycles. The van der Waals surface area contributed by atoms with Crippen molar-refractivity contribution in [3.8, 4) is 0 Å². The predicted molar refractivity (Wildman–Crippen MR) is 62.1 cm³/mol. The average molecular weight is 218 g/mol. The van der Waals surface area contributed by atoms with Crippen LogP contribution in [0.5, 0.6) is 0 Å². The Morgan fingerprint density at radius 1 is 1.44 bits per heavy atom. The summed E-state index contributed by atoms with van der Waals surface area (Å²) in [5.41, 5.74) is 3.06. The second-order valence-corrected chi connectivity index (χ2v) is 5.13. The van der Waals surface area contributed by atoms with Crippen LogP contribution in [-0.2, 0) is 15.9 Å².